The van der Waals surface area contributed by atoms with E-state index in [-0.39, 0.29) is 5.82 Å². The van der Waals surface area contributed by atoms with Crippen LogP contribution >= 0.6 is 23.8 Å². The Labute approximate surface area is 119 Å². The number of H-pyrrole nitrogens is 1. The Morgan fingerprint density at radius 2 is 2.00 bits per heavy atom. The molecular weight excluding hydrogens is 283 g/mol. The molecule has 5 heteroatoms. The highest BCUT2D eigenvalue weighted by Crippen LogP contribution is 2.21. The molecule has 96 valence electrons. The molecule has 1 aromatic heterocycles. The highest BCUT2D eigenvalue weighted by Gasteiger charge is 2.08. The average molecular weight is 293 g/mol. The standard InChI is InChI=1S/C14H10ClFN2S/c15-10-5-6-12-13(7-10)18(14(19)17-12)8-9-3-1-2-4-11(9)16/h1-7H,8H2,(H,17,19). The summed E-state index contributed by atoms with van der Waals surface area (Å²) >= 11 is 11.3. The van der Waals surface area contributed by atoms with Crippen LogP contribution in [0, 0.1) is 10.6 Å². The van der Waals surface area contributed by atoms with E-state index in [2.05, 4.69) is 4.98 Å². The summed E-state index contributed by atoms with van der Waals surface area (Å²) in [6.45, 7) is 0.381. The number of aromatic nitrogens is 2. The first-order chi connectivity index (χ1) is 9.15. The van der Waals surface area contributed by atoms with Gasteiger partial charge in [-0.25, -0.2) is 4.39 Å². The summed E-state index contributed by atoms with van der Waals surface area (Å²) in [5, 5.41) is 0.629. The van der Waals surface area contributed by atoms with E-state index in [1.165, 1.54) is 6.07 Å². The van der Waals surface area contributed by atoms with Crippen molar-refractivity contribution in [1.29, 1.82) is 0 Å². The predicted molar refractivity (Wildman–Crippen MR) is 77.6 cm³/mol. The summed E-state index contributed by atoms with van der Waals surface area (Å²) in [4.78, 5) is 3.09. The Kier molecular flexibility index (Phi) is 3.12. The largest absolute Gasteiger partial charge is 0.331 e. The number of nitrogens with zero attached hydrogens (tertiary/aromatic N) is 1. The summed E-state index contributed by atoms with van der Waals surface area (Å²) in [5.41, 5.74) is 2.37. The van der Waals surface area contributed by atoms with Crippen molar-refractivity contribution in [2.24, 2.45) is 0 Å². The van der Waals surface area contributed by atoms with E-state index in [1.54, 1.807) is 18.2 Å². The SMILES string of the molecule is Fc1ccccc1Cn1c(=S)[nH]c2ccc(Cl)cc21. The van der Waals surface area contributed by atoms with Gasteiger partial charge in [0.2, 0.25) is 0 Å². The zero-order valence-electron chi connectivity index (χ0n) is 9.86. The van der Waals surface area contributed by atoms with Crippen molar-refractivity contribution >= 4 is 34.9 Å². The molecule has 0 aliphatic carbocycles. The lowest BCUT2D eigenvalue weighted by Gasteiger charge is -2.06. The van der Waals surface area contributed by atoms with Gasteiger partial charge in [-0.1, -0.05) is 29.8 Å². The van der Waals surface area contributed by atoms with Crippen LogP contribution in [0.2, 0.25) is 5.02 Å². The molecule has 0 spiro atoms. The number of hydrogen-bond donors (Lipinski definition) is 1. The van der Waals surface area contributed by atoms with Gasteiger partial charge in [0.1, 0.15) is 5.82 Å². The maximum atomic E-state index is 13.7. The molecular formula is C14H10ClFN2S. The van der Waals surface area contributed by atoms with E-state index in [9.17, 15) is 4.39 Å². The maximum Gasteiger partial charge on any atom is 0.178 e. The normalized spacial score (nSPS) is 11.1. The van der Waals surface area contributed by atoms with Gasteiger partial charge in [-0.3, -0.25) is 0 Å². The zero-order chi connectivity index (χ0) is 13.4. The first-order valence-corrected chi connectivity index (χ1v) is 6.55. The van der Waals surface area contributed by atoms with Gasteiger partial charge in [-0.05, 0) is 36.5 Å². The molecule has 3 aromatic rings. The van der Waals surface area contributed by atoms with E-state index in [0.717, 1.165) is 11.0 Å². The molecule has 0 aliphatic heterocycles. The fourth-order valence-corrected chi connectivity index (χ4v) is 2.52. The molecule has 0 fully saturated rings. The van der Waals surface area contributed by atoms with Crippen molar-refractivity contribution in [3.05, 3.63) is 63.6 Å². The molecule has 0 radical (unpaired) electrons. The van der Waals surface area contributed by atoms with Crippen molar-refractivity contribution in [2.75, 3.05) is 0 Å². The molecule has 0 saturated carbocycles. The maximum absolute atomic E-state index is 13.7. The van der Waals surface area contributed by atoms with E-state index < -0.39 is 0 Å². The van der Waals surface area contributed by atoms with Gasteiger partial charge in [0.15, 0.2) is 4.77 Å². The Hall–Kier alpha value is -1.65. The van der Waals surface area contributed by atoms with E-state index in [0.29, 0.717) is 21.9 Å². The minimum absolute atomic E-state index is 0.235. The predicted octanol–water partition coefficient (Wildman–Crippen LogP) is 4.54. The van der Waals surface area contributed by atoms with E-state index >= 15 is 0 Å². The van der Waals surface area contributed by atoms with Crippen LogP contribution in [0.1, 0.15) is 5.56 Å². The van der Waals surface area contributed by atoms with Gasteiger partial charge in [0.25, 0.3) is 0 Å². The molecule has 0 bridgehead atoms. The molecule has 0 aliphatic rings. The van der Waals surface area contributed by atoms with Crippen molar-refractivity contribution in [3.63, 3.8) is 0 Å². The Morgan fingerprint density at radius 1 is 1.21 bits per heavy atom. The molecule has 2 aromatic carbocycles. The summed E-state index contributed by atoms with van der Waals surface area (Å²) in [7, 11) is 0. The van der Waals surface area contributed by atoms with Crippen LogP contribution in [0.25, 0.3) is 11.0 Å². The highest BCUT2D eigenvalue weighted by molar-refractivity contribution is 7.71. The first-order valence-electron chi connectivity index (χ1n) is 5.76. The summed E-state index contributed by atoms with van der Waals surface area (Å²) in [5.74, 6) is -0.235. The van der Waals surface area contributed by atoms with Gasteiger partial charge < -0.3 is 9.55 Å². The summed E-state index contributed by atoms with van der Waals surface area (Å²) in [6, 6.07) is 12.2. The Balaban J connectivity index is 2.15. The van der Waals surface area contributed by atoms with E-state index in [4.69, 9.17) is 23.8 Å². The third-order valence-electron chi connectivity index (χ3n) is 3.02. The van der Waals surface area contributed by atoms with Crippen molar-refractivity contribution < 1.29 is 4.39 Å². The Morgan fingerprint density at radius 3 is 2.79 bits per heavy atom. The lowest BCUT2D eigenvalue weighted by molar-refractivity contribution is 0.600. The fraction of sp³-hybridized carbons (Fsp3) is 0.0714. The molecule has 3 rings (SSSR count). The van der Waals surface area contributed by atoms with Gasteiger partial charge in [0.05, 0.1) is 17.6 Å². The molecule has 0 unspecified atom stereocenters. The lowest BCUT2D eigenvalue weighted by atomic mass is 10.2. The number of fused-ring (bicyclic) bond motifs is 1. The first kappa shape index (κ1) is 12.4. The molecule has 0 amide bonds. The van der Waals surface area contributed by atoms with Gasteiger partial charge >= 0.3 is 0 Å². The third kappa shape index (κ3) is 2.29. The minimum atomic E-state index is -0.235. The second kappa shape index (κ2) is 4.79. The van der Waals surface area contributed by atoms with Crippen LogP contribution in [-0.2, 0) is 6.54 Å². The van der Waals surface area contributed by atoms with Gasteiger partial charge in [-0.15, -0.1) is 0 Å². The lowest BCUT2D eigenvalue weighted by Crippen LogP contribution is -2.01. The molecule has 19 heavy (non-hydrogen) atoms. The molecule has 2 nitrogen and oxygen atoms in total. The minimum Gasteiger partial charge on any atom is -0.331 e. The van der Waals surface area contributed by atoms with E-state index in [1.807, 2.05) is 22.8 Å². The number of halogens is 2. The van der Waals surface area contributed by atoms with Crippen LogP contribution in [0.5, 0.6) is 0 Å². The zero-order valence-corrected chi connectivity index (χ0v) is 11.4. The quantitative estimate of drug-likeness (QED) is 0.688. The number of hydrogen-bond acceptors (Lipinski definition) is 1. The Bertz CT molecular complexity index is 807. The van der Waals surface area contributed by atoms with Crippen LogP contribution < -0.4 is 0 Å². The smallest absolute Gasteiger partial charge is 0.178 e. The van der Waals surface area contributed by atoms with Crippen LogP contribution in [0.15, 0.2) is 42.5 Å². The van der Waals surface area contributed by atoms with Crippen molar-refractivity contribution in [3.8, 4) is 0 Å². The summed E-state index contributed by atoms with van der Waals surface area (Å²) < 4.78 is 16.1. The summed E-state index contributed by atoms with van der Waals surface area (Å²) in [6.07, 6.45) is 0. The second-order valence-electron chi connectivity index (χ2n) is 4.27. The number of benzene rings is 2. The average Bonchev–Trinajstić information content (AvgIpc) is 2.69. The third-order valence-corrected chi connectivity index (χ3v) is 3.58. The van der Waals surface area contributed by atoms with Crippen LogP contribution in [-0.4, -0.2) is 9.55 Å². The number of rotatable bonds is 2. The molecule has 1 heterocycles. The monoisotopic (exact) mass is 292 g/mol. The van der Waals surface area contributed by atoms with Gasteiger partial charge in [-0.2, -0.15) is 0 Å². The topological polar surface area (TPSA) is 20.7 Å². The molecule has 0 saturated heterocycles. The highest BCUT2D eigenvalue weighted by atomic mass is 35.5. The van der Waals surface area contributed by atoms with Crippen LogP contribution in [0.3, 0.4) is 0 Å². The number of imidazole rings is 1. The van der Waals surface area contributed by atoms with Crippen molar-refractivity contribution in [1.82, 2.24) is 9.55 Å². The second-order valence-corrected chi connectivity index (χ2v) is 5.09. The number of aromatic amines is 1. The molecule has 1 N–H and O–H groups in total. The molecule has 0 atom stereocenters. The van der Waals surface area contributed by atoms with Crippen LogP contribution in [0.4, 0.5) is 4.39 Å². The number of nitrogens with one attached hydrogen (secondary N) is 1. The van der Waals surface area contributed by atoms with Gasteiger partial charge in [0, 0.05) is 10.6 Å². The fourth-order valence-electron chi connectivity index (χ4n) is 2.08. The van der Waals surface area contributed by atoms with Crippen molar-refractivity contribution in [2.45, 2.75) is 6.54 Å².